The van der Waals surface area contributed by atoms with Gasteiger partial charge in [-0.1, -0.05) is 12.1 Å². The van der Waals surface area contributed by atoms with Crippen LogP contribution in [0.2, 0.25) is 0 Å². The molecule has 2 aromatic rings. The first-order valence-electron chi connectivity index (χ1n) is 5.75. The van der Waals surface area contributed by atoms with E-state index in [-0.39, 0.29) is 11.1 Å². The van der Waals surface area contributed by atoms with Gasteiger partial charge in [0.2, 0.25) is 0 Å². The molecule has 6 nitrogen and oxygen atoms in total. The summed E-state index contributed by atoms with van der Waals surface area (Å²) in [4.78, 5) is 21.7. The Hall–Kier alpha value is -3.02. The zero-order chi connectivity index (χ0) is 14.5. The Balaban J connectivity index is 2.09. The summed E-state index contributed by atoms with van der Waals surface area (Å²) in [5, 5.41) is 17.8. The molecule has 0 amide bonds. The predicted octanol–water partition coefficient (Wildman–Crippen LogP) is 2.52. The summed E-state index contributed by atoms with van der Waals surface area (Å²) in [6.45, 7) is 0. The second-order valence-electron chi connectivity index (χ2n) is 3.98. The molecule has 2 aromatic carbocycles. The van der Waals surface area contributed by atoms with Gasteiger partial charge in [-0.2, -0.15) is 0 Å². The highest BCUT2D eigenvalue weighted by atomic mass is 16.4. The molecule has 4 N–H and O–H groups in total. The quantitative estimate of drug-likeness (QED) is 0.624. The van der Waals surface area contributed by atoms with Gasteiger partial charge in [0.05, 0.1) is 22.5 Å². The molecular weight excluding hydrogens is 260 g/mol. The van der Waals surface area contributed by atoms with Crippen LogP contribution in [0.3, 0.4) is 0 Å². The molecule has 2 rings (SSSR count). The highest BCUT2D eigenvalue weighted by Gasteiger charge is 2.08. The first-order chi connectivity index (χ1) is 9.58. The van der Waals surface area contributed by atoms with Crippen LogP contribution in [0, 0.1) is 0 Å². The SMILES string of the molecule is O=C(O)c1ccc(NNc2ccccc2C(=O)O)cc1. The molecule has 0 aliphatic carbocycles. The molecule has 0 saturated heterocycles. The Bertz CT molecular complexity index is 638. The van der Waals surface area contributed by atoms with E-state index in [0.29, 0.717) is 11.4 Å². The fraction of sp³-hybridized carbons (Fsp3) is 0. The molecule has 0 fully saturated rings. The maximum absolute atomic E-state index is 11.0. The Labute approximate surface area is 114 Å². The van der Waals surface area contributed by atoms with Crippen LogP contribution < -0.4 is 10.9 Å². The third-order valence-electron chi connectivity index (χ3n) is 2.63. The van der Waals surface area contributed by atoms with E-state index in [0.717, 1.165) is 0 Å². The lowest BCUT2D eigenvalue weighted by Crippen LogP contribution is -2.12. The summed E-state index contributed by atoms with van der Waals surface area (Å²) < 4.78 is 0. The van der Waals surface area contributed by atoms with Crippen molar-refractivity contribution in [2.45, 2.75) is 0 Å². The molecule has 102 valence electrons. The average molecular weight is 272 g/mol. The van der Waals surface area contributed by atoms with Crippen LogP contribution in [0.4, 0.5) is 11.4 Å². The molecule has 0 aromatic heterocycles. The summed E-state index contributed by atoms with van der Waals surface area (Å²) in [5.74, 6) is -2.03. The summed E-state index contributed by atoms with van der Waals surface area (Å²) in [6, 6.07) is 12.5. The minimum atomic E-state index is -1.03. The van der Waals surface area contributed by atoms with Crippen molar-refractivity contribution >= 4 is 23.3 Å². The molecule has 0 radical (unpaired) electrons. The summed E-state index contributed by atoms with van der Waals surface area (Å²) in [7, 11) is 0. The molecule has 0 bridgehead atoms. The lowest BCUT2D eigenvalue weighted by atomic mass is 10.2. The number of nitrogens with one attached hydrogen (secondary N) is 2. The van der Waals surface area contributed by atoms with Crippen molar-refractivity contribution in [2.24, 2.45) is 0 Å². The zero-order valence-electron chi connectivity index (χ0n) is 10.3. The molecule has 0 saturated carbocycles. The van der Waals surface area contributed by atoms with E-state index in [4.69, 9.17) is 10.2 Å². The maximum atomic E-state index is 11.0. The van der Waals surface area contributed by atoms with Gasteiger partial charge in [0.1, 0.15) is 0 Å². The number of hydrazine groups is 1. The number of anilines is 2. The van der Waals surface area contributed by atoms with Crippen LogP contribution >= 0.6 is 0 Å². The minimum Gasteiger partial charge on any atom is -0.478 e. The molecule has 0 spiro atoms. The molecule has 0 aliphatic heterocycles. The Morgan fingerprint density at radius 3 is 2.05 bits per heavy atom. The van der Waals surface area contributed by atoms with E-state index in [9.17, 15) is 9.59 Å². The lowest BCUT2D eigenvalue weighted by molar-refractivity contribution is 0.0686. The van der Waals surface area contributed by atoms with Crippen LogP contribution in [-0.4, -0.2) is 22.2 Å². The van der Waals surface area contributed by atoms with Crippen molar-refractivity contribution in [3.8, 4) is 0 Å². The fourth-order valence-electron chi connectivity index (χ4n) is 1.61. The maximum Gasteiger partial charge on any atom is 0.337 e. The van der Waals surface area contributed by atoms with Crippen LogP contribution in [0.5, 0.6) is 0 Å². The van der Waals surface area contributed by atoms with Crippen LogP contribution in [0.15, 0.2) is 48.5 Å². The van der Waals surface area contributed by atoms with E-state index in [2.05, 4.69) is 10.9 Å². The third kappa shape index (κ3) is 3.05. The van der Waals surface area contributed by atoms with Gasteiger partial charge in [-0.15, -0.1) is 0 Å². The van der Waals surface area contributed by atoms with E-state index >= 15 is 0 Å². The van der Waals surface area contributed by atoms with E-state index in [1.807, 2.05) is 0 Å². The molecule has 0 atom stereocenters. The summed E-state index contributed by atoms with van der Waals surface area (Å²) >= 11 is 0. The van der Waals surface area contributed by atoms with E-state index in [1.165, 1.54) is 18.2 Å². The van der Waals surface area contributed by atoms with Gasteiger partial charge in [-0.25, -0.2) is 9.59 Å². The highest BCUT2D eigenvalue weighted by molar-refractivity contribution is 5.94. The minimum absolute atomic E-state index is 0.141. The van der Waals surface area contributed by atoms with Crippen molar-refractivity contribution in [1.82, 2.24) is 0 Å². The lowest BCUT2D eigenvalue weighted by Gasteiger charge is -2.11. The summed E-state index contributed by atoms with van der Waals surface area (Å²) in [5.41, 5.74) is 6.96. The second-order valence-corrected chi connectivity index (χ2v) is 3.98. The second kappa shape index (κ2) is 5.75. The largest absolute Gasteiger partial charge is 0.478 e. The highest BCUT2D eigenvalue weighted by Crippen LogP contribution is 2.16. The predicted molar refractivity (Wildman–Crippen MR) is 74.0 cm³/mol. The van der Waals surface area contributed by atoms with Gasteiger partial charge in [0.25, 0.3) is 0 Å². The molecular formula is C14H12N2O4. The topological polar surface area (TPSA) is 98.7 Å². The Morgan fingerprint density at radius 1 is 0.800 bits per heavy atom. The zero-order valence-corrected chi connectivity index (χ0v) is 10.3. The van der Waals surface area contributed by atoms with E-state index in [1.54, 1.807) is 30.3 Å². The van der Waals surface area contributed by atoms with Gasteiger partial charge < -0.3 is 21.1 Å². The Morgan fingerprint density at radius 2 is 1.45 bits per heavy atom. The van der Waals surface area contributed by atoms with E-state index < -0.39 is 11.9 Å². The third-order valence-corrected chi connectivity index (χ3v) is 2.63. The van der Waals surface area contributed by atoms with Gasteiger partial charge in [0.15, 0.2) is 0 Å². The Kier molecular flexibility index (Phi) is 3.85. The number of carbonyl (C=O) groups is 2. The van der Waals surface area contributed by atoms with Gasteiger partial charge in [-0.05, 0) is 36.4 Å². The van der Waals surface area contributed by atoms with Gasteiger partial charge >= 0.3 is 11.9 Å². The van der Waals surface area contributed by atoms with Gasteiger partial charge in [0, 0.05) is 0 Å². The van der Waals surface area contributed by atoms with Crippen LogP contribution in [-0.2, 0) is 0 Å². The van der Waals surface area contributed by atoms with Crippen molar-refractivity contribution in [1.29, 1.82) is 0 Å². The molecule has 6 heteroatoms. The standard InChI is InChI=1S/C14H12N2O4/c17-13(18)9-5-7-10(8-6-9)15-16-12-4-2-1-3-11(12)14(19)20/h1-8,15-16H,(H,17,18)(H,19,20). The number of benzene rings is 2. The normalized spacial score (nSPS) is 9.80. The van der Waals surface area contributed by atoms with Crippen LogP contribution in [0.25, 0.3) is 0 Å². The monoisotopic (exact) mass is 272 g/mol. The number of hydrogen-bond donors (Lipinski definition) is 4. The molecule has 0 aliphatic rings. The van der Waals surface area contributed by atoms with Crippen molar-refractivity contribution in [2.75, 3.05) is 10.9 Å². The molecule has 0 unspecified atom stereocenters. The number of rotatable bonds is 5. The van der Waals surface area contributed by atoms with Crippen LogP contribution in [0.1, 0.15) is 20.7 Å². The first-order valence-corrected chi connectivity index (χ1v) is 5.75. The smallest absolute Gasteiger partial charge is 0.337 e. The number of hydrogen-bond acceptors (Lipinski definition) is 4. The molecule has 20 heavy (non-hydrogen) atoms. The number of aromatic carboxylic acids is 2. The number of carboxylic acids is 2. The van der Waals surface area contributed by atoms with Crippen molar-refractivity contribution in [3.05, 3.63) is 59.7 Å². The fourth-order valence-corrected chi connectivity index (χ4v) is 1.61. The van der Waals surface area contributed by atoms with Crippen molar-refractivity contribution < 1.29 is 19.8 Å². The first kappa shape index (κ1) is 13.4. The van der Waals surface area contributed by atoms with Gasteiger partial charge in [-0.3, -0.25) is 0 Å². The number of para-hydroxylation sites is 1. The summed E-state index contributed by atoms with van der Waals surface area (Å²) in [6.07, 6.45) is 0. The average Bonchev–Trinajstić information content (AvgIpc) is 2.45. The van der Waals surface area contributed by atoms with Crippen molar-refractivity contribution in [3.63, 3.8) is 0 Å². The number of carboxylic acid groups (broad SMARTS) is 2. The molecule has 0 heterocycles.